The van der Waals surface area contributed by atoms with Gasteiger partial charge in [-0.2, -0.15) is 0 Å². The lowest BCUT2D eigenvalue weighted by Crippen LogP contribution is -2.44. The first kappa shape index (κ1) is 18.8. The van der Waals surface area contributed by atoms with Gasteiger partial charge in [0.1, 0.15) is 28.7 Å². The molecule has 1 aliphatic rings. The van der Waals surface area contributed by atoms with Gasteiger partial charge in [-0.25, -0.2) is 0 Å². The van der Waals surface area contributed by atoms with Crippen LogP contribution in [0.1, 0.15) is 45.3 Å². The molecule has 1 saturated carbocycles. The number of rotatable bonds is 7. The largest absolute Gasteiger partial charge is 0.469 e. The van der Waals surface area contributed by atoms with Crippen LogP contribution in [0.2, 0.25) is 0 Å². The summed E-state index contributed by atoms with van der Waals surface area (Å²) in [5.41, 5.74) is -1.73. The SMILES string of the molecule is CCOC(=O)[C@]1(C(C)=O)C[C@@H](CC(C)=O)[C@@H]([N+](=O)[O-])[C@@H]1c1ccco1. The molecular weight excluding hydrogens is 330 g/mol. The highest BCUT2D eigenvalue weighted by atomic mass is 16.6. The highest BCUT2D eigenvalue weighted by molar-refractivity contribution is 6.04. The van der Waals surface area contributed by atoms with Gasteiger partial charge in [-0.05, 0) is 39.3 Å². The van der Waals surface area contributed by atoms with Crippen molar-refractivity contribution in [1.29, 1.82) is 0 Å². The standard InChI is InChI=1S/C17H21NO7/c1-4-24-16(21)17(11(3)20)9-12(8-10(2)19)15(18(22)23)14(17)13-6-5-7-25-13/h5-7,12,14-15H,4,8-9H2,1-3H3/t12-,14+,15-,17+/m1/s1. The van der Waals surface area contributed by atoms with E-state index in [0.29, 0.717) is 0 Å². The van der Waals surface area contributed by atoms with E-state index in [9.17, 15) is 24.5 Å². The lowest BCUT2D eigenvalue weighted by atomic mass is 9.72. The summed E-state index contributed by atoms with van der Waals surface area (Å²) in [6, 6.07) is 1.76. The number of nitro groups is 1. The molecule has 136 valence electrons. The van der Waals surface area contributed by atoms with Crippen LogP contribution in [0.5, 0.6) is 0 Å². The number of nitrogens with zero attached hydrogens (tertiary/aromatic N) is 1. The fourth-order valence-electron chi connectivity index (χ4n) is 3.94. The molecule has 8 heteroatoms. The predicted molar refractivity (Wildman–Crippen MR) is 85.4 cm³/mol. The van der Waals surface area contributed by atoms with Crippen molar-refractivity contribution in [2.45, 2.75) is 45.6 Å². The molecule has 0 N–H and O–H groups in total. The molecule has 1 fully saturated rings. The van der Waals surface area contributed by atoms with Crippen molar-refractivity contribution in [3.8, 4) is 0 Å². The lowest BCUT2D eigenvalue weighted by Gasteiger charge is -2.29. The Labute approximate surface area is 144 Å². The van der Waals surface area contributed by atoms with E-state index in [4.69, 9.17) is 9.15 Å². The number of ketones is 2. The van der Waals surface area contributed by atoms with E-state index in [1.54, 1.807) is 13.0 Å². The number of ether oxygens (including phenoxy) is 1. The van der Waals surface area contributed by atoms with Crippen LogP contribution < -0.4 is 0 Å². The summed E-state index contributed by atoms with van der Waals surface area (Å²) in [6.45, 7) is 4.19. The molecule has 1 heterocycles. The number of Topliss-reactive ketones (excluding diaryl/α,β-unsaturated/α-hetero) is 2. The van der Waals surface area contributed by atoms with Gasteiger partial charge < -0.3 is 13.9 Å². The van der Waals surface area contributed by atoms with Crippen molar-refractivity contribution in [1.82, 2.24) is 0 Å². The van der Waals surface area contributed by atoms with Crippen molar-refractivity contribution >= 4 is 17.5 Å². The Morgan fingerprint density at radius 1 is 1.40 bits per heavy atom. The summed E-state index contributed by atoms with van der Waals surface area (Å²) in [4.78, 5) is 48.1. The van der Waals surface area contributed by atoms with Crippen LogP contribution in [0, 0.1) is 21.4 Å². The second-order valence-electron chi connectivity index (χ2n) is 6.39. The molecule has 1 aliphatic carbocycles. The number of hydrogen-bond donors (Lipinski definition) is 0. The number of esters is 1. The van der Waals surface area contributed by atoms with E-state index in [2.05, 4.69) is 0 Å². The average molecular weight is 351 g/mol. The summed E-state index contributed by atoms with van der Waals surface area (Å²) in [6.07, 6.45) is 1.13. The number of hydrogen-bond acceptors (Lipinski definition) is 7. The normalized spacial score (nSPS) is 28.5. The Hall–Kier alpha value is -2.51. The summed E-state index contributed by atoms with van der Waals surface area (Å²) in [7, 11) is 0. The smallest absolute Gasteiger partial charge is 0.320 e. The molecule has 0 spiro atoms. The third-order valence-corrected chi connectivity index (χ3v) is 4.85. The molecule has 8 nitrogen and oxygen atoms in total. The second kappa shape index (κ2) is 7.16. The van der Waals surface area contributed by atoms with Crippen LogP contribution >= 0.6 is 0 Å². The van der Waals surface area contributed by atoms with Gasteiger partial charge in [0.2, 0.25) is 6.04 Å². The van der Waals surface area contributed by atoms with Gasteiger partial charge in [-0.15, -0.1) is 0 Å². The van der Waals surface area contributed by atoms with Gasteiger partial charge in [-0.3, -0.25) is 19.7 Å². The second-order valence-corrected chi connectivity index (χ2v) is 6.39. The van der Waals surface area contributed by atoms with Crippen LogP contribution in [-0.4, -0.2) is 35.1 Å². The first-order chi connectivity index (χ1) is 11.8. The molecule has 0 aromatic carbocycles. The Bertz CT molecular complexity index is 681. The molecule has 0 amide bonds. The third kappa shape index (κ3) is 3.20. The summed E-state index contributed by atoms with van der Waals surface area (Å²) in [5, 5.41) is 11.8. The monoisotopic (exact) mass is 351 g/mol. The van der Waals surface area contributed by atoms with Crippen LogP contribution in [0.15, 0.2) is 22.8 Å². The maximum absolute atomic E-state index is 12.7. The van der Waals surface area contributed by atoms with Gasteiger partial charge >= 0.3 is 5.97 Å². The van der Waals surface area contributed by atoms with Crippen molar-refractivity contribution in [3.63, 3.8) is 0 Å². The fraction of sp³-hybridized carbons (Fsp3) is 0.588. The van der Waals surface area contributed by atoms with Gasteiger partial charge in [0.25, 0.3) is 0 Å². The van der Waals surface area contributed by atoms with E-state index in [-0.39, 0.29) is 31.0 Å². The van der Waals surface area contributed by atoms with Gasteiger partial charge in [0.15, 0.2) is 0 Å². The molecule has 0 bridgehead atoms. The maximum atomic E-state index is 12.7. The fourth-order valence-corrected chi connectivity index (χ4v) is 3.94. The van der Waals surface area contributed by atoms with Gasteiger partial charge in [0, 0.05) is 17.3 Å². The van der Waals surface area contributed by atoms with Gasteiger partial charge in [-0.1, -0.05) is 0 Å². The maximum Gasteiger partial charge on any atom is 0.320 e. The van der Waals surface area contributed by atoms with Gasteiger partial charge in [0.05, 0.1) is 12.9 Å². The molecule has 4 atom stereocenters. The topological polar surface area (TPSA) is 117 Å². The van der Waals surface area contributed by atoms with Crippen molar-refractivity contribution in [3.05, 3.63) is 34.3 Å². The zero-order chi connectivity index (χ0) is 18.8. The molecule has 0 unspecified atom stereocenters. The zero-order valence-corrected chi connectivity index (χ0v) is 14.4. The predicted octanol–water partition coefficient (Wildman–Crippen LogP) is 2.15. The van der Waals surface area contributed by atoms with E-state index in [0.717, 1.165) is 0 Å². The highest BCUT2D eigenvalue weighted by Gasteiger charge is 2.67. The van der Waals surface area contributed by atoms with E-state index >= 15 is 0 Å². The minimum absolute atomic E-state index is 0.0409. The lowest BCUT2D eigenvalue weighted by molar-refractivity contribution is -0.532. The Balaban J connectivity index is 2.65. The minimum atomic E-state index is -1.73. The number of furan rings is 1. The molecule has 0 radical (unpaired) electrons. The molecular formula is C17H21NO7. The molecule has 25 heavy (non-hydrogen) atoms. The molecule has 2 rings (SSSR count). The first-order valence-corrected chi connectivity index (χ1v) is 8.10. The van der Waals surface area contributed by atoms with Crippen LogP contribution in [-0.2, 0) is 19.1 Å². The number of carbonyl (C=O) groups excluding carboxylic acids is 3. The average Bonchev–Trinajstić information content (AvgIpc) is 3.11. The Kier molecular flexibility index (Phi) is 5.39. The molecule has 1 aromatic rings. The van der Waals surface area contributed by atoms with Crippen LogP contribution in [0.3, 0.4) is 0 Å². The van der Waals surface area contributed by atoms with Crippen molar-refractivity contribution in [2.24, 2.45) is 11.3 Å². The third-order valence-electron chi connectivity index (χ3n) is 4.85. The molecule has 1 aromatic heterocycles. The summed E-state index contributed by atoms with van der Waals surface area (Å²) in [5.74, 6) is -3.25. The Morgan fingerprint density at radius 3 is 2.52 bits per heavy atom. The van der Waals surface area contributed by atoms with Crippen molar-refractivity contribution in [2.75, 3.05) is 6.61 Å². The summed E-state index contributed by atoms with van der Waals surface area (Å²) >= 11 is 0. The van der Waals surface area contributed by atoms with Crippen LogP contribution in [0.4, 0.5) is 0 Å². The number of carbonyl (C=O) groups is 3. The highest BCUT2D eigenvalue weighted by Crippen LogP contribution is 2.55. The summed E-state index contributed by atoms with van der Waals surface area (Å²) < 4.78 is 10.4. The minimum Gasteiger partial charge on any atom is -0.469 e. The van der Waals surface area contributed by atoms with E-state index in [1.807, 2.05) is 0 Å². The molecule has 0 aliphatic heterocycles. The van der Waals surface area contributed by atoms with E-state index < -0.39 is 40.0 Å². The first-order valence-electron chi connectivity index (χ1n) is 8.10. The Morgan fingerprint density at radius 2 is 2.08 bits per heavy atom. The molecule has 0 saturated heterocycles. The van der Waals surface area contributed by atoms with Crippen LogP contribution in [0.25, 0.3) is 0 Å². The zero-order valence-electron chi connectivity index (χ0n) is 14.4. The van der Waals surface area contributed by atoms with Crippen molar-refractivity contribution < 1.29 is 28.5 Å². The van der Waals surface area contributed by atoms with E-state index in [1.165, 1.54) is 26.2 Å². The quantitative estimate of drug-likeness (QED) is 0.320.